The highest BCUT2D eigenvalue weighted by molar-refractivity contribution is 7.26. The second-order valence-corrected chi connectivity index (χ2v) is 8.26. The molecule has 0 fully saturated rings. The molecular weight excluding hydrogens is 352 g/mol. The summed E-state index contributed by atoms with van der Waals surface area (Å²) >= 11 is 4.61. The molecular formula is C16H12O4S3. The van der Waals surface area contributed by atoms with E-state index < -0.39 is 11.9 Å². The largest absolute Gasteiger partial charge is 0.481 e. The van der Waals surface area contributed by atoms with Gasteiger partial charge in [-0.2, -0.15) is 0 Å². The van der Waals surface area contributed by atoms with Gasteiger partial charge in [0.2, 0.25) is 0 Å². The van der Waals surface area contributed by atoms with Crippen LogP contribution in [-0.2, 0) is 22.4 Å². The van der Waals surface area contributed by atoms with Crippen molar-refractivity contribution in [1.82, 2.24) is 0 Å². The summed E-state index contributed by atoms with van der Waals surface area (Å²) in [4.78, 5) is 27.5. The van der Waals surface area contributed by atoms with Gasteiger partial charge in [0.05, 0.1) is 12.8 Å². The second kappa shape index (κ2) is 6.66. The predicted octanol–water partition coefficient (Wildman–Crippen LogP) is 4.46. The monoisotopic (exact) mass is 364 g/mol. The van der Waals surface area contributed by atoms with Crippen molar-refractivity contribution in [2.45, 2.75) is 12.8 Å². The number of aliphatic carboxylic acids is 2. The molecule has 23 heavy (non-hydrogen) atoms. The molecule has 0 saturated carbocycles. The maximum atomic E-state index is 10.8. The molecule has 2 N–H and O–H groups in total. The van der Waals surface area contributed by atoms with Crippen LogP contribution in [0, 0.1) is 0 Å². The standard InChI is InChI=1S/C16H12O4S3/c17-15(18)7-9-1-3-11(21-9)13-5-6-14(23-13)12-4-2-10(22-12)8-16(19)20/h1-6H,7-8H2,(H,17,18)(H,19,20). The van der Waals surface area contributed by atoms with E-state index >= 15 is 0 Å². The average Bonchev–Trinajstić information content (AvgIpc) is 3.15. The molecule has 4 nitrogen and oxygen atoms in total. The van der Waals surface area contributed by atoms with Gasteiger partial charge in [-0.25, -0.2) is 0 Å². The summed E-state index contributed by atoms with van der Waals surface area (Å²) in [6.07, 6.45) is 0.0960. The Morgan fingerprint density at radius 3 is 1.39 bits per heavy atom. The summed E-state index contributed by atoms with van der Waals surface area (Å²) in [6, 6.07) is 11.6. The van der Waals surface area contributed by atoms with Crippen LogP contribution in [0.3, 0.4) is 0 Å². The lowest BCUT2D eigenvalue weighted by Crippen LogP contribution is -1.96. The lowest BCUT2D eigenvalue weighted by atomic mass is 10.3. The molecule has 0 radical (unpaired) electrons. The van der Waals surface area contributed by atoms with E-state index in [0.717, 1.165) is 29.3 Å². The first-order valence-electron chi connectivity index (χ1n) is 6.73. The van der Waals surface area contributed by atoms with E-state index in [-0.39, 0.29) is 12.8 Å². The Balaban J connectivity index is 1.80. The van der Waals surface area contributed by atoms with Crippen LogP contribution < -0.4 is 0 Å². The van der Waals surface area contributed by atoms with Gasteiger partial charge < -0.3 is 10.2 Å². The van der Waals surface area contributed by atoms with Crippen molar-refractivity contribution in [3.63, 3.8) is 0 Å². The third kappa shape index (κ3) is 3.87. The molecule has 3 aromatic heterocycles. The Kier molecular flexibility index (Phi) is 4.61. The van der Waals surface area contributed by atoms with Crippen LogP contribution in [0.15, 0.2) is 36.4 Å². The Morgan fingerprint density at radius 2 is 1.00 bits per heavy atom. The van der Waals surface area contributed by atoms with Crippen molar-refractivity contribution in [3.05, 3.63) is 46.2 Å². The minimum atomic E-state index is -0.824. The molecule has 118 valence electrons. The smallest absolute Gasteiger partial charge is 0.308 e. The van der Waals surface area contributed by atoms with E-state index in [1.165, 1.54) is 22.7 Å². The SMILES string of the molecule is O=C(O)Cc1ccc(-c2ccc(-c3ccc(CC(=O)O)s3)s2)s1. The third-order valence-electron chi connectivity index (χ3n) is 3.07. The maximum Gasteiger partial charge on any atom is 0.308 e. The predicted molar refractivity (Wildman–Crippen MR) is 93.6 cm³/mol. The summed E-state index contributed by atoms with van der Waals surface area (Å²) < 4.78 is 0. The normalized spacial score (nSPS) is 10.8. The van der Waals surface area contributed by atoms with E-state index in [4.69, 9.17) is 10.2 Å². The van der Waals surface area contributed by atoms with Crippen LogP contribution in [0.5, 0.6) is 0 Å². The van der Waals surface area contributed by atoms with Gasteiger partial charge in [-0.1, -0.05) is 0 Å². The van der Waals surface area contributed by atoms with Crippen LogP contribution in [-0.4, -0.2) is 22.2 Å². The molecule has 0 bridgehead atoms. The number of hydrogen-bond acceptors (Lipinski definition) is 5. The van der Waals surface area contributed by atoms with Gasteiger partial charge in [-0.3, -0.25) is 9.59 Å². The zero-order chi connectivity index (χ0) is 16.4. The molecule has 0 spiro atoms. The van der Waals surface area contributed by atoms with Crippen molar-refractivity contribution in [3.8, 4) is 19.5 Å². The van der Waals surface area contributed by atoms with E-state index in [2.05, 4.69) is 0 Å². The first-order chi connectivity index (χ1) is 11.0. The molecule has 0 atom stereocenters. The quantitative estimate of drug-likeness (QED) is 0.677. The fraction of sp³-hybridized carbons (Fsp3) is 0.125. The number of hydrogen-bond donors (Lipinski definition) is 2. The van der Waals surface area contributed by atoms with Gasteiger partial charge in [0.15, 0.2) is 0 Å². The van der Waals surface area contributed by atoms with Gasteiger partial charge >= 0.3 is 11.9 Å². The highest BCUT2D eigenvalue weighted by Gasteiger charge is 2.11. The molecule has 0 aliphatic rings. The molecule has 0 saturated heterocycles. The van der Waals surface area contributed by atoms with Crippen LogP contribution in [0.25, 0.3) is 19.5 Å². The fourth-order valence-electron chi connectivity index (χ4n) is 2.11. The summed E-state index contributed by atoms with van der Waals surface area (Å²) in [6.45, 7) is 0. The Bertz CT molecular complexity index is 787. The van der Waals surface area contributed by atoms with Crippen molar-refractivity contribution in [2.24, 2.45) is 0 Å². The number of carboxylic acid groups (broad SMARTS) is 2. The van der Waals surface area contributed by atoms with Gasteiger partial charge in [0.1, 0.15) is 0 Å². The molecule has 0 aromatic carbocycles. The number of rotatable bonds is 6. The van der Waals surface area contributed by atoms with Crippen LogP contribution in [0.1, 0.15) is 9.75 Å². The maximum absolute atomic E-state index is 10.8. The van der Waals surface area contributed by atoms with Gasteiger partial charge in [0, 0.05) is 29.3 Å². The minimum Gasteiger partial charge on any atom is -0.481 e. The van der Waals surface area contributed by atoms with Crippen molar-refractivity contribution < 1.29 is 19.8 Å². The van der Waals surface area contributed by atoms with E-state index in [1.54, 1.807) is 11.3 Å². The molecule has 0 unspecified atom stereocenters. The molecule has 7 heteroatoms. The minimum absolute atomic E-state index is 0.0480. The average molecular weight is 364 g/mol. The lowest BCUT2D eigenvalue weighted by Gasteiger charge is -1.92. The van der Waals surface area contributed by atoms with Gasteiger partial charge in [0.25, 0.3) is 0 Å². The molecule has 0 aliphatic carbocycles. The highest BCUT2D eigenvalue weighted by Crippen LogP contribution is 2.40. The summed E-state index contributed by atoms with van der Waals surface area (Å²) in [5.74, 6) is -1.65. The third-order valence-corrected chi connectivity index (χ3v) is 6.71. The van der Waals surface area contributed by atoms with Crippen molar-refractivity contribution in [2.75, 3.05) is 0 Å². The molecule has 0 aliphatic heterocycles. The summed E-state index contributed by atoms with van der Waals surface area (Å²) in [7, 11) is 0. The number of carboxylic acids is 2. The number of thiophene rings is 3. The zero-order valence-electron chi connectivity index (χ0n) is 11.8. The fourth-order valence-corrected chi connectivity index (χ4v) is 5.30. The molecule has 3 rings (SSSR count). The first-order valence-corrected chi connectivity index (χ1v) is 9.18. The van der Waals surface area contributed by atoms with Crippen LogP contribution in [0.2, 0.25) is 0 Å². The Labute approximate surface area is 144 Å². The lowest BCUT2D eigenvalue weighted by molar-refractivity contribution is -0.137. The second-order valence-electron chi connectivity index (χ2n) is 4.84. The highest BCUT2D eigenvalue weighted by atomic mass is 32.1. The van der Waals surface area contributed by atoms with Crippen LogP contribution >= 0.6 is 34.0 Å². The molecule has 3 aromatic rings. The van der Waals surface area contributed by atoms with Gasteiger partial charge in [-0.05, 0) is 36.4 Å². The first kappa shape index (κ1) is 15.9. The molecule has 0 amide bonds. The van der Waals surface area contributed by atoms with E-state index in [0.29, 0.717) is 0 Å². The van der Waals surface area contributed by atoms with E-state index in [1.807, 2.05) is 36.4 Å². The van der Waals surface area contributed by atoms with Crippen molar-refractivity contribution in [1.29, 1.82) is 0 Å². The summed E-state index contributed by atoms with van der Waals surface area (Å²) in [5.41, 5.74) is 0. The van der Waals surface area contributed by atoms with Crippen molar-refractivity contribution >= 4 is 45.9 Å². The number of carbonyl (C=O) groups is 2. The Hall–Kier alpha value is -1.96. The van der Waals surface area contributed by atoms with E-state index in [9.17, 15) is 9.59 Å². The summed E-state index contributed by atoms with van der Waals surface area (Å²) in [5, 5.41) is 17.7. The molecule has 3 heterocycles. The topological polar surface area (TPSA) is 74.6 Å². The zero-order valence-corrected chi connectivity index (χ0v) is 14.3. The van der Waals surface area contributed by atoms with Gasteiger partial charge in [-0.15, -0.1) is 34.0 Å². The Morgan fingerprint density at radius 1 is 0.652 bits per heavy atom. The van der Waals surface area contributed by atoms with Crippen LogP contribution in [0.4, 0.5) is 0 Å².